The lowest BCUT2D eigenvalue weighted by molar-refractivity contribution is -0.313. The molecular formula is C24H24O10. The average molecular weight is 472 g/mol. The number of carbonyl (C=O) groups is 2. The van der Waals surface area contributed by atoms with Gasteiger partial charge in [-0.05, 0) is 19.3 Å². The normalized spacial score (nSPS) is 30.5. The molecule has 2 aromatic rings. The third-order valence-electron chi connectivity index (χ3n) is 6.82. The number of aromatic hydroxyl groups is 2. The highest BCUT2D eigenvalue weighted by atomic mass is 16.7. The molecule has 6 atom stereocenters. The van der Waals surface area contributed by atoms with Gasteiger partial charge >= 0.3 is 0 Å². The molecule has 0 amide bonds. The van der Waals surface area contributed by atoms with Gasteiger partial charge < -0.3 is 40.1 Å². The van der Waals surface area contributed by atoms with Gasteiger partial charge in [0.05, 0.1) is 23.8 Å². The van der Waals surface area contributed by atoms with Crippen molar-refractivity contribution in [3.63, 3.8) is 0 Å². The fourth-order valence-corrected chi connectivity index (χ4v) is 5.07. The van der Waals surface area contributed by atoms with Crippen LogP contribution in [0.4, 0.5) is 0 Å². The predicted molar refractivity (Wildman–Crippen MR) is 114 cm³/mol. The van der Waals surface area contributed by atoms with E-state index in [9.17, 15) is 40.2 Å². The van der Waals surface area contributed by atoms with Crippen LogP contribution in [0.5, 0.6) is 11.5 Å². The maximum Gasteiger partial charge on any atom is 0.198 e. The molecule has 1 heterocycles. The van der Waals surface area contributed by atoms with Crippen molar-refractivity contribution in [2.24, 2.45) is 0 Å². The average Bonchev–Trinajstić information content (AvgIpc) is 2.85. The third kappa shape index (κ3) is 3.26. The van der Waals surface area contributed by atoms with Crippen molar-refractivity contribution in [3.05, 3.63) is 57.6 Å². The van der Waals surface area contributed by atoms with Crippen LogP contribution in [0.15, 0.2) is 24.3 Å². The minimum absolute atomic E-state index is 0.0972. The summed E-state index contributed by atoms with van der Waals surface area (Å²) < 4.78 is 11.3. The van der Waals surface area contributed by atoms with Crippen molar-refractivity contribution in [2.75, 3.05) is 6.61 Å². The largest absolute Gasteiger partial charge is 0.507 e. The Hall–Kier alpha value is -2.86. The zero-order valence-corrected chi connectivity index (χ0v) is 17.9. The molecule has 1 fully saturated rings. The molecule has 34 heavy (non-hydrogen) atoms. The van der Waals surface area contributed by atoms with Gasteiger partial charge in [0.25, 0.3) is 0 Å². The standard InChI is InChI=1S/C24H24O10/c25-8-13-20(29)22(31)23(32)24(34-13)33-12-7-3-6-11-14(12)21(30)16-15(19(11)28)17(26)9-4-1-2-5-10(9)18(16)27/h1-2,4-5,12-13,20,22-25,28-32H,3,6-8H2/t12?,13-,20-,22+,23-,24-/m1/s1. The number of hydrogen-bond donors (Lipinski definition) is 6. The number of fused-ring (bicyclic) bond motifs is 3. The van der Waals surface area contributed by atoms with Crippen molar-refractivity contribution >= 4 is 11.6 Å². The molecule has 0 saturated carbocycles. The Morgan fingerprint density at radius 3 is 2.15 bits per heavy atom. The van der Waals surface area contributed by atoms with Gasteiger partial charge in [0, 0.05) is 22.3 Å². The fourth-order valence-electron chi connectivity index (χ4n) is 5.07. The van der Waals surface area contributed by atoms with Crippen molar-refractivity contribution < 1.29 is 49.7 Å². The van der Waals surface area contributed by atoms with E-state index in [0.717, 1.165) is 0 Å². The number of ketones is 2. The number of aliphatic hydroxyl groups is 4. The van der Waals surface area contributed by atoms with E-state index in [4.69, 9.17) is 9.47 Å². The molecule has 0 spiro atoms. The molecule has 10 nitrogen and oxygen atoms in total. The van der Waals surface area contributed by atoms with Crippen molar-refractivity contribution in [3.8, 4) is 11.5 Å². The van der Waals surface area contributed by atoms with Crippen LogP contribution in [0.1, 0.15) is 61.9 Å². The molecule has 0 aromatic heterocycles. The summed E-state index contributed by atoms with van der Waals surface area (Å²) in [7, 11) is 0. The number of aliphatic hydroxyl groups excluding tert-OH is 4. The molecule has 10 heteroatoms. The SMILES string of the molecule is O=C1c2ccccc2C(=O)c2c(O)c3c(c(O)c21)CCCC3O[C@@H]1O[C@H](CO)[C@@H](O)[C@H](O)[C@H]1O. The van der Waals surface area contributed by atoms with E-state index in [1.807, 2.05) is 0 Å². The van der Waals surface area contributed by atoms with Crippen LogP contribution in [-0.4, -0.2) is 79.5 Å². The molecule has 2 aliphatic carbocycles. The first-order valence-corrected chi connectivity index (χ1v) is 11.0. The molecule has 5 rings (SSSR count). The van der Waals surface area contributed by atoms with Gasteiger partial charge in [0.1, 0.15) is 35.9 Å². The summed E-state index contributed by atoms with van der Waals surface area (Å²) in [5.41, 5.74) is 0.0201. The Balaban J connectivity index is 1.58. The second-order valence-electron chi connectivity index (χ2n) is 8.76. The zero-order valence-electron chi connectivity index (χ0n) is 17.9. The van der Waals surface area contributed by atoms with E-state index in [1.165, 1.54) is 12.1 Å². The Labute approximate surface area is 193 Å². The van der Waals surface area contributed by atoms with Gasteiger partial charge in [-0.1, -0.05) is 24.3 Å². The number of phenolic OH excluding ortho intramolecular Hbond substituents is 2. The Kier molecular flexibility index (Phi) is 5.67. The lowest BCUT2D eigenvalue weighted by Gasteiger charge is -2.41. The van der Waals surface area contributed by atoms with E-state index >= 15 is 0 Å². The second-order valence-corrected chi connectivity index (χ2v) is 8.76. The number of benzene rings is 2. The summed E-state index contributed by atoms with van der Waals surface area (Å²) >= 11 is 0. The first kappa shape index (κ1) is 22.9. The quantitative estimate of drug-likeness (QED) is 0.286. The van der Waals surface area contributed by atoms with Crippen LogP contribution in [0.2, 0.25) is 0 Å². The fraction of sp³-hybridized carbons (Fsp3) is 0.417. The van der Waals surface area contributed by atoms with Gasteiger partial charge in [0.2, 0.25) is 0 Å². The molecule has 3 aliphatic rings. The van der Waals surface area contributed by atoms with Crippen LogP contribution in [0.3, 0.4) is 0 Å². The molecule has 6 N–H and O–H groups in total. The monoisotopic (exact) mass is 472 g/mol. The lowest BCUT2D eigenvalue weighted by atomic mass is 9.77. The number of phenols is 2. The highest BCUT2D eigenvalue weighted by molar-refractivity contribution is 6.30. The van der Waals surface area contributed by atoms with E-state index < -0.39 is 66.5 Å². The van der Waals surface area contributed by atoms with Crippen molar-refractivity contribution in [2.45, 2.75) is 56.1 Å². The van der Waals surface area contributed by atoms with Gasteiger partial charge in [-0.2, -0.15) is 0 Å². The molecule has 1 aliphatic heterocycles. The predicted octanol–water partition coefficient (Wildman–Crippen LogP) is 0.0671. The van der Waals surface area contributed by atoms with E-state index in [2.05, 4.69) is 0 Å². The smallest absolute Gasteiger partial charge is 0.198 e. The number of rotatable bonds is 3. The van der Waals surface area contributed by atoms with Gasteiger partial charge in [-0.3, -0.25) is 9.59 Å². The van der Waals surface area contributed by atoms with Crippen LogP contribution >= 0.6 is 0 Å². The summed E-state index contributed by atoms with van der Waals surface area (Å²) in [6.45, 7) is -0.637. The summed E-state index contributed by atoms with van der Waals surface area (Å²) in [5.74, 6) is -2.08. The van der Waals surface area contributed by atoms with E-state index in [0.29, 0.717) is 19.3 Å². The van der Waals surface area contributed by atoms with Gasteiger partial charge in [-0.15, -0.1) is 0 Å². The van der Waals surface area contributed by atoms with Crippen LogP contribution < -0.4 is 0 Å². The van der Waals surface area contributed by atoms with Gasteiger partial charge in [0.15, 0.2) is 17.9 Å². The summed E-state index contributed by atoms with van der Waals surface area (Å²) in [6, 6.07) is 6.15. The molecule has 0 radical (unpaired) electrons. The number of hydrogen-bond acceptors (Lipinski definition) is 10. The summed E-state index contributed by atoms with van der Waals surface area (Å²) in [4.78, 5) is 26.3. The minimum atomic E-state index is -1.66. The lowest BCUT2D eigenvalue weighted by Crippen LogP contribution is -2.59. The van der Waals surface area contributed by atoms with Crippen LogP contribution in [0.25, 0.3) is 0 Å². The molecule has 1 saturated heterocycles. The second kappa shape index (κ2) is 8.42. The molecule has 2 aromatic carbocycles. The van der Waals surface area contributed by atoms with Crippen LogP contribution in [-0.2, 0) is 15.9 Å². The molecular weight excluding hydrogens is 448 g/mol. The summed E-state index contributed by atoms with van der Waals surface area (Å²) in [5, 5.41) is 62.0. The van der Waals surface area contributed by atoms with Crippen molar-refractivity contribution in [1.82, 2.24) is 0 Å². The molecule has 1 unspecified atom stereocenters. The summed E-state index contributed by atoms with van der Waals surface area (Å²) in [6.07, 6.45) is -7.40. The molecule has 180 valence electrons. The van der Waals surface area contributed by atoms with E-state index in [1.54, 1.807) is 12.1 Å². The Morgan fingerprint density at radius 1 is 0.912 bits per heavy atom. The topological polar surface area (TPSA) is 174 Å². The third-order valence-corrected chi connectivity index (χ3v) is 6.82. The van der Waals surface area contributed by atoms with Crippen molar-refractivity contribution in [1.29, 1.82) is 0 Å². The Bertz CT molecular complexity index is 1170. The van der Waals surface area contributed by atoms with E-state index in [-0.39, 0.29) is 33.4 Å². The van der Waals surface area contributed by atoms with Gasteiger partial charge in [-0.25, -0.2) is 0 Å². The maximum absolute atomic E-state index is 13.2. The highest BCUT2D eigenvalue weighted by Gasteiger charge is 2.46. The first-order chi connectivity index (χ1) is 16.3. The molecule has 0 bridgehead atoms. The maximum atomic E-state index is 13.2. The Morgan fingerprint density at radius 2 is 1.53 bits per heavy atom. The highest BCUT2D eigenvalue weighted by Crippen LogP contribution is 2.49. The number of carbonyl (C=O) groups excluding carboxylic acids is 2. The minimum Gasteiger partial charge on any atom is -0.507 e. The van der Waals surface area contributed by atoms with Crippen LogP contribution in [0, 0.1) is 0 Å². The zero-order chi connectivity index (χ0) is 24.3. The first-order valence-electron chi connectivity index (χ1n) is 11.0. The number of ether oxygens (including phenoxy) is 2.